The van der Waals surface area contributed by atoms with Gasteiger partial charge in [0.2, 0.25) is 5.91 Å². The number of nitrogens with zero attached hydrogens (tertiary/aromatic N) is 2. The first kappa shape index (κ1) is 18.8. The maximum atomic E-state index is 12.2. The smallest absolute Gasteiger partial charge is 0.252 e. The Morgan fingerprint density at radius 2 is 2.23 bits per heavy atom. The minimum absolute atomic E-state index is 0.0924. The molecule has 26 heavy (non-hydrogen) atoms. The van der Waals surface area contributed by atoms with Gasteiger partial charge in [0.1, 0.15) is 5.60 Å². The highest BCUT2D eigenvalue weighted by atomic mass is 16.5. The molecule has 1 spiro atoms. The van der Waals surface area contributed by atoms with Gasteiger partial charge in [-0.1, -0.05) is 13.8 Å². The summed E-state index contributed by atoms with van der Waals surface area (Å²) >= 11 is 0. The van der Waals surface area contributed by atoms with Crippen molar-refractivity contribution in [2.45, 2.75) is 45.1 Å². The Labute approximate surface area is 155 Å². The normalized spacial score (nSPS) is 21.0. The van der Waals surface area contributed by atoms with Gasteiger partial charge >= 0.3 is 0 Å². The molecule has 2 saturated heterocycles. The molecule has 6 heteroatoms. The monoisotopic (exact) mass is 359 g/mol. The maximum Gasteiger partial charge on any atom is 0.252 e. The highest BCUT2D eigenvalue weighted by molar-refractivity contribution is 5.93. The van der Waals surface area contributed by atoms with Crippen molar-refractivity contribution < 1.29 is 14.3 Å². The molecule has 0 aliphatic carbocycles. The van der Waals surface area contributed by atoms with Gasteiger partial charge < -0.3 is 15.0 Å². The van der Waals surface area contributed by atoms with E-state index in [9.17, 15) is 9.59 Å². The summed E-state index contributed by atoms with van der Waals surface area (Å²) < 4.78 is 6.02. The Morgan fingerprint density at radius 1 is 1.42 bits per heavy atom. The van der Waals surface area contributed by atoms with Crippen molar-refractivity contribution >= 4 is 11.8 Å². The van der Waals surface area contributed by atoms with Crippen LogP contribution in [0.5, 0.6) is 0 Å². The molecule has 6 nitrogen and oxygen atoms in total. The Hall–Kier alpha value is -1.95. The van der Waals surface area contributed by atoms with Crippen LogP contribution in [0.1, 0.15) is 49.9 Å². The van der Waals surface area contributed by atoms with Crippen LogP contribution in [0, 0.1) is 11.8 Å². The molecule has 2 amide bonds. The Balaban J connectivity index is 1.43. The molecule has 0 unspecified atom stereocenters. The number of aromatic nitrogens is 1. The van der Waals surface area contributed by atoms with Crippen LogP contribution in [0.4, 0.5) is 0 Å². The van der Waals surface area contributed by atoms with Crippen molar-refractivity contribution in [3.05, 3.63) is 30.1 Å². The van der Waals surface area contributed by atoms with Crippen LogP contribution in [0.15, 0.2) is 24.5 Å². The number of carbonyl (C=O) groups excluding carboxylic acids is 2. The Morgan fingerprint density at radius 3 is 2.92 bits per heavy atom. The fraction of sp³-hybridized carbons (Fsp3) is 0.650. The molecule has 3 heterocycles. The predicted molar refractivity (Wildman–Crippen MR) is 98.6 cm³/mol. The average molecular weight is 359 g/mol. The lowest BCUT2D eigenvalue weighted by Crippen LogP contribution is -2.66. The molecule has 0 bridgehead atoms. The van der Waals surface area contributed by atoms with Gasteiger partial charge in [0.25, 0.3) is 5.91 Å². The van der Waals surface area contributed by atoms with Crippen LogP contribution in [0.2, 0.25) is 0 Å². The standard InChI is InChI=1S/C20H29N3O3/c1-15(2)5-6-18(24)23-13-20(14-23)17(8-11-26-20)7-10-22-19(25)16-4-3-9-21-12-16/h3-4,9,12,15,17H,5-8,10-11,13-14H2,1-2H3,(H,22,25)/t17-/m0/s1. The number of rotatable bonds is 7. The number of pyridine rings is 1. The van der Waals surface area contributed by atoms with Gasteiger partial charge in [-0.2, -0.15) is 0 Å². The number of carbonyl (C=O) groups is 2. The van der Waals surface area contributed by atoms with Gasteiger partial charge in [-0.15, -0.1) is 0 Å². The van der Waals surface area contributed by atoms with E-state index in [0.717, 1.165) is 25.9 Å². The highest BCUT2D eigenvalue weighted by Crippen LogP contribution is 2.41. The number of hydrogen-bond donors (Lipinski definition) is 1. The van der Waals surface area contributed by atoms with Crippen LogP contribution in [-0.2, 0) is 9.53 Å². The molecule has 2 aliphatic rings. The molecular weight excluding hydrogens is 330 g/mol. The second-order valence-electron chi connectivity index (χ2n) is 7.87. The van der Waals surface area contributed by atoms with E-state index in [1.54, 1.807) is 24.5 Å². The third-order valence-corrected chi connectivity index (χ3v) is 5.51. The van der Waals surface area contributed by atoms with Gasteiger partial charge in [0.15, 0.2) is 0 Å². The second-order valence-corrected chi connectivity index (χ2v) is 7.87. The van der Waals surface area contributed by atoms with Gasteiger partial charge in [-0.05, 0) is 43.2 Å². The first-order valence-corrected chi connectivity index (χ1v) is 9.60. The van der Waals surface area contributed by atoms with Gasteiger partial charge in [0.05, 0.1) is 18.7 Å². The third kappa shape index (κ3) is 4.23. The first-order valence-electron chi connectivity index (χ1n) is 9.60. The quantitative estimate of drug-likeness (QED) is 0.811. The number of likely N-dealkylation sites (tertiary alicyclic amines) is 1. The summed E-state index contributed by atoms with van der Waals surface area (Å²) in [4.78, 5) is 30.2. The average Bonchev–Trinajstić information content (AvgIpc) is 3.03. The summed E-state index contributed by atoms with van der Waals surface area (Å²) in [5.41, 5.74) is 0.391. The Kier molecular flexibility index (Phi) is 5.91. The number of nitrogens with one attached hydrogen (secondary N) is 1. The van der Waals surface area contributed by atoms with Crippen molar-refractivity contribution in [1.82, 2.24) is 15.2 Å². The van der Waals surface area contributed by atoms with Crippen molar-refractivity contribution in [3.8, 4) is 0 Å². The van der Waals surface area contributed by atoms with E-state index in [-0.39, 0.29) is 17.4 Å². The van der Waals surface area contributed by atoms with Crippen LogP contribution in [0.25, 0.3) is 0 Å². The molecule has 1 aromatic heterocycles. The molecular formula is C20H29N3O3. The topological polar surface area (TPSA) is 71.5 Å². The predicted octanol–water partition coefficient (Wildman–Crippen LogP) is 2.26. The molecule has 2 aliphatic heterocycles. The van der Waals surface area contributed by atoms with Gasteiger partial charge in [-0.3, -0.25) is 14.6 Å². The molecule has 1 aromatic rings. The zero-order valence-corrected chi connectivity index (χ0v) is 15.7. The van der Waals surface area contributed by atoms with Crippen molar-refractivity contribution in [2.75, 3.05) is 26.2 Å². The van der Waals surface area contributed by atoms with Crippen molar-refractivity contribution in [3.63, 3.8) is 0 Å². The minimum Gasteiger partial charge on any atom is -0.371 e. The number of ether oxygens (including phenoxy) is 1. The van der Waals surface area contributed by atoms with Crippen LogP contribution < -0.4 is 5.32 Å². The maximum absolute atomic E-state index is 12.2. The molecule has 2 fully saturated rings. The van der Waals surface area contributed by atoms with E-state index < -0.39 is 0 Å². The second kappa shape index (κ2) is 8.16. The lowest BCUT2D eigenvalue weighted by atomic mass is 9.78. The molecule has 1 N–H and O–H groups in total. The molecule has 0 saturated carbocycles. The van der Waals surface area contributed by atoms with E-state index in [0.29, 0.717) is 43.5 Å². The van der Waals surface area contributed by atoms with Crippen LogP contribution in [-0.4, -0.2) is 53.5 Å². The molecule has 3 rings (SSSR count). The fourth-order valence-electron chi connectivity index (χ4n) is 3.85. The fourth-order valence-corrected chi connectivity index (χ4v) is 3.85. The zero-order valence-electron chi connectivity index (χ0n) is 15.7. The van der Waals surface area contributed by atoms with E-state index in [1.165, 1.54) is 0 Å². The number of amides is 2. The lowest BCUT2D eigenvalue weighted by molar-refractivity contribution is -0.165. The van der Waals surface area contributed by atoms with E-state index in [4.69, 9.17) is 4.74 Å². The van der Waals surface area contributed by atoms with Crippen molar-refractivity contribution in [1.29, 1.82) is 0 Å². The van der Waals surface area contributed by atoms with Crippen molar-refractivity contribution in [2.24, 2.45) is 11.8 Å². The van der Waals surface area contributed by atoms with Gasteiger partial charge in [-0.25, -0.2) is 0 Å². The summed E-state index contributed by atoms with van der Waals surface area (Å²) in [6, 6.07) is 3.52. The summed E-state index contributed by atoms with van der Waals surface area (Å²) in [6.07, 6.45) is 6.66. The minimum atomic E-state index is -0.188. The Bertz CT molecular complexity index is 626. The summed E-state index contributed by atoms with van der Waals surface area (Å²) in [5.74, 6) is 1.09. The molecule has 142 valence electrons. The van der Waals surface area contributed by atoms with E-state index in [2.05, 4.69) is 24.1 Å². The summed E-state index contributed by atoms with van der Waals surface area (Å²) in [6.45, 7) is 7.04. The molecule has 0 aromatic carbocycles. The summed E-state index contributed by atoms with van der Waals surface area (Å²) in [5, 5.41) is 2.96. The van der Waals surface area contributed by atoms with Gasteiger partial charge in [0, 0.05) is 32.0 Å². The largest absolute Gasteiger partial charge is 0.371 e. The van der Waals surface area contributed by atoms with E-state index in [1.807, 2.05) is 4.90 Å². The lowest BCUT2D eigenvalue weighted by Gasteiger charge is -2.50. The van der Waals surface area contributed by atoms with Crippen LogP contribution >= 0.6 is 0 Å². The SMILES string of the molecule is CC(C)CCC(=O)N1CC2(C1)OCC[C@@H]2CCNC(=O)c1cccnc1. The zero-order chi connectivity index (χ0) is 18.6. The van der Waals surface area contributed by atoms with Crippen LogP contribution in [0.3, 0.4) is 0 Å². The third-order valence-electron chi connectivity index (χ3n) is 5.51. The highest BCUT2D eigenvalue weighted by Gasteiger charge is 2.53. The van der Waals surface area contributed by atoms with E-state index >= 15 is 0 Å². The number of hydrogen-bond acceptors (Lipinski definition) is 4. The molecule has 1 atom stereocenters. The summed E-state index contributed by atoms with van der Waals surface area (Å²) in [7, 11) is 0. The molecule has 0 radical (unpaired) electrons. The first-order chi connectivity index (χ1) is 12.5.